The monoisotopic (exact) mass is 443 g/mol. The summed E-state index contributed by atoms with van der Waals surface area (Å²) in [5.41, 5.74) is 0.600. The van der Waals surface area contributed by atoms with E-state index in [1.807, 2.05) is 4.90 Å². The van der Waals surface area contributed by atoms with Gasteiger partial charge in [0.15, 0.2) is 4.90 Å². The molecule has 29 heavy (non-hydrogen) atoms. The number of carbonyl (C=O) groups is 1. The number of piperazine rings is 1. The van der Waals surface area contributed by atoms with Crippen molar-refractivity contribution in [1.82, 2.24) is 9.21 Å². The van der Waals surface area contributed by atoms with E-state index in [9.17, 15) is 22.0 Å². The number of nitrogens with zero attached hydrogens (tertiary/aromatic N) is 2. The molecule has 1 heterocycles. The Morgan fingerprint density at radius 1 is 1.03 bits per heavy atom. The standard InChI is InChI=1S/C19H20ClF2N3O3S/c1-13(19(26)23-15-7-5-14(20)6-8-15)24-9-11-25(12-10-24)29(27,28)18-16(21)3-2-4-17(18)22/h2-8,13H,9-12H2,1H3,(H,23,26). The Hall–Kier alpha value is -2.07. The molecule has 1 unspecified atom stereocenters. The van der Waals surface area contributed by atoms with Crippen molar-refractivity contribution in [2.24, 2.45) is 0 Å². The van der Waals surface area contributed by atoms with Crippen LogP contribution in [0, 0.1) is 11.6 Å². The van der Waals surface area contributed by atoms with E-state index >= 15 is 0 Å². The third-order valence-electron chi connectivity index (χ3n) is 4.83. The van der Waals surface area contributed by atoms with Gasteiger partial charge >= 0.3 is 0 Å². The molecule has 0 saturated carbocycles. The normalized spacial score (nSPS) is 17.1. The SMILES string of the molecule is CC(C(=O)Nc1ccc(Cl)cc1)N1CCN(S(=O)(=O)c2c(F)cccc2F)CC1. The van der Waals surface area contributed by atoms with Gasteiger partial charge in [0.1, 0.15) is 11.6 Å². The molecule has 1 atom stereocenters. The minimum absolute atomic E-state index is 0.0225. The van der Waals surface area contributed by atoms with Crippen molar-refractivity contribution in [3.63, 3.8) is 0 Å². The second-order valence-electron chi connectivity index (χ2n) is 6.66. The molecule has 10 heteroatoms. The van der Waals surface area contributed by atoms with Gasteiger partial charge in [-0.05, 0) is 43.3 Å². The number of anilines is 1. The molecule has 0 radical (unpaired) electrons. The summed E-state index contributed by atoms with van der Waals surface area (Å²) in [6, 6.07) is 9.11. The number of halogens is 3. The van der Waals surface area contributed by atoms with E-state index in [4.69, 9.17) is 11.6 Å². The lowest BCUT2D eigenvalue weighted by Gasteiger charge is -2.36. The zero-order valence-electron chi connectivity index (χ0n) is 15.6. The number of benzene rings is 2. The average Bonchev–Trinajstić information content (AvgIpc) is 2.69. The van der Waals surface area contributed by atoms with Gasteiger partial charge in [-0.3, -0.25) is 9.69 Å². The van der Waals surface area contributed by atoms with Crippen LogP contribution in [0.5, 0.6) is 0 Å². The van der Waals surface area contributed by atoms with Gasteiger partial charge in [-0.2, -0.15) is 4.31 Å². The van der Waals surface area contributed by atoms with E-state index in [-0.39, 0.29) is 32.1 Å². The molecule has 0 spiro atoms. The molecule has 2 aromatic rings. The number of amides is 1. The fraction of sp³-hybridized carbons (Fsp3) is 0.316. The minimum Gasteiger partial charge on any atom is -0.325 e. The Labute approximate surface area is 173 Å². The summed E-state index contributed by atoms with van der Waals surface area (Å²) < 4.78 is 54.2. The molecule has 1 fully saturated rings. The first-order valence-corrected chi connectivity index (χ1v) is 10.8. The number of hydrogen-bond acceptors (Lipinski definition) is 4. The molecule has 0 aromatic heterocycles. The Balaban J connectivity index is 1.63. The number of hydrogen-bond donors (Lipinski definition) is 1. The summed E-state index contributed by atoms with van der Waals surface area (Å²) in [5, 5.41) is 3.33. The molecular formula is C19H20ClF2N3O3S. The molecule has 156 valence electrons. The van der Waals surface area contributed by atoms with Crippen LogP contribution < -0.4 is 5.32 Å². The largest absolute Gasteiger partial charge is 0.325 e. The quantitative estimate of drug-likeness (QED) is 0.771. The van der Waals surface area contributed by atoms with E-state index in [0.717, 1.165) is 22.5 Å². The molecular weight excluding hydrogens is 424 g/mol. The van der Waals surface area contributed by atoms with Gasteiger partial charge in [-0.1, -0.05) is 17.7 Å². The summed E-state index contributed by atoms with van der Waals surface area (Å²) in [4.78, 5) is 13.3. The summed E-state index contributed by atoms with van der Waals surface area (Å²) in [7, 11) is -4.30. The summed E-state index contributed by atoms with van der Waals surface area (Å²) >= 11 is 5.83. The van der Waals surface area contributed by atoms with Gasteiger partial charge in [0.05, 0.1) is 6.04 Å². The van der Waals surface area contributed by atoms with Crippen molar-refractivity contribution >= 4 is 33.2 Å². The topological polar surface area (TPSA) is 69.7 Å². The predicted octanol–water partition coefficient (Wildman–Crippen LogP) is 2.95. The minimum atomic E-state index is -4.30. The third-order valence-corrected chi connectivity index (χ3v) is 7.03. The first-order chi connectivity index (χ1) is 13.7. The molecule has 1 amide bonds. The number of nitrogens with one attached hydrogen (secondary N) is 1. The number of sulfonamides is 1. The fourth-order valence-electron chi connectivity index (χ4n) is 3.14. The van der Waals surface area contributed by atoms with Crippen molar-refractivity contribution in [1.29, 1.82) is 0 Å². The van der Waals surface area contributed by atoms with E-state index in [0.29, 0.717) is 10.7 Å². The van der Waals surface area contributed by atoms with Gasteiger partial charge in [0, 0.05) is 36.9 Å². The van der Waals surface area contributed by atoms with E-state index in [1.165, 1.54) is 0 Å². The number of carbonyl (C=O) groups excluding carboxylic acids is 1. The van der Waals surface area contributed by atoms with E-state index < -0.39 is 32.6 Å². The Morgan fingerprint density at radius 2 is 1.59 bits per heavy atom. The highest BCUT2D eigenvalue weighted by Crippen LogP contribution is 2.24. The van der Waals surface area contributed by atoms with Crippen LogP contribution in [0.2, 0.25) is 5.02 Å². The van der Waals surface area contributed by atoms with Gasteiger partial charge in [-0.25, -0.2) is 17.2 Å². The van der Waals surface area contributed by atoms with Gasteiger partial charge < -0.3 is 5.32 Å². The second-order valence-corrected chi connectivity index (χ2v) is 8.97. The van der Waals surface area contributed by atoms with Crippen LogP contribution in [0.25, 0.3) is 0 Å². The Morgan fingerprint density at radius 3 is 2.14 bits per heavy atom. The van der Waals surface area contributed by atoms with Crippen LogP contribution >= 0.6 is 11.6 Å². The van der Waals surface area contributed by atoms with Gasteiger partial charge in [0.25, 0.3) is 0 Å². The highest BCUT2D eigenvalue weighted by atomic mass is 35.5. The summed E-state index contributed by atoms with van der Waals surface area (Å²) in [5.74, 6) is -2.49. The molecule has 3 rings (SSSR count). The second kappa shape index (κ2) is 8.74. The zero-order valence-corrected chi connectivity index (χ0v) is 17.2. The van der Waals surface area contributed by atoms with Crippen LogP contribution in [-0.4, -0.2) is 55.8 Å². The first-order valence-electron chi connectivity index (χ1n) is 8.95. The number of rotatable bonds is 5. The highest BCUT2D eigenvalue weighted by Gasteiger charge is 2.35. The Bertz CT molecular complexity index is 974. The lowest BCUT2D eigenvalue weighted by molar-refractivity contribution is -0.121. The molecule has 0 aliphatic carbocycles. The fourth-order valence-corrected chi connectivity index (χ4v) is 4.79. The summed E-state index contributed by atoms with van der Waals surface area (Å²) in [6.07, 6.45) is 0. The van der Waals surface area contributed by atoms with Crippen molar-refractivity contribution in [2.75, 3.05) is 31.5 Å². The highest BCUT2D eigenvalue weighted by molar-refractivity contribution is 7.89. The van der Waals surface area contributed by atoms with E-state index in [1.54, 1.807) is 31.2 Å². The molecule has 0 bridgehead atoms. The molecule has 1 N–H and O–H groups in total. The Kier molecular flexibility index (Phi) is 6.52. The van der Waals surface area contributed by atoms with Crippen LogP contribution in [0.4, 0.5) is 14.5 Å². The maximum absolute atomic E-state index is 13.9. The predicted molar refractivity (Wildman–Crippen MR) is 106 cm³/mol. The smallest absolute Gasteiger partial charge is 0.249 e. The molecule has 2 aromatic carbocycles. The van der Waals surface area contributed by atoms with Crippen LogP contribution in [-0.2, 0) is 14.8 Å². The molecule has 6 nitrogen and oxygen atoms in total. The zero-order chi connectivity index (χ0) is 21.2. The van der Waals surface area contributed by atoms with Crippen molar-refractivity contribution in [2.45, 2.75) is 17.9 Å². The lowest BCUT2D eigenvalue weighted by atomic mass is 10.2. The summed E-state index contributed by atoms with van der Waals surface area (Å²) in [6.45, 7) is 2.27. The van der Waals surface area contributed by atoms with Crippen LogP contribution in [0.1, 0.15) is 6.92 Å². The van der Waals surface area contributed by atoms with Crippen LogP contribution in [0.15, 0.2) is 47.4 Å². The average molecular weight is 444 g/mol. The van der Waals surface area contributed by atoms with Crippen LogP contribution in [0.3, 0.4) is 0 Å². The van der Waals surface area contributed by atoms with Crippen molar-refractivity contribution < 1.29 is 22.0 Å². The maximum atomic E-state index is 13.9. The van der Waals surface area contributed by atoms with Crippen molar-refractivity contribution in [3.05, 3.63) is 59.1 Å². The van der Waals surface area contributed by atoms with Crippen molar-refractivity contribution in [3.8, 4) is 0 Å². The first kappa shape index (κ1) is 21.6. The molecule has 1 saturated heterocycles. The maximum Gasteiger partial charge on any atom is 0.249 e. The van der Waals surface area contributed by atoms with Gasteiger partial charge in [-0.15, -0.1) is 0 Å². The van der Waals surface area contributed by atoms with Gasteiger partial charge in [0.2, 0.25) is 15.9 Å². The molecule has 1 aliphatic heterocycles. The lowest BCUT2D eigenvalue weighted by Crippen LogP contribution is -2.54. The van der Waals surface area contributed by atoms with E-state index in [2.05, 4.69) is 5.32 Å². The third kappa shape index (κ3) is 4.75. The molecule has 1 aliphatic rings.